The summed E-state index contributed by atoms with van der Waals surface area (Å²) in [5, 5.41) is 5.44. The van der Waals surface area contributed by atoms with Crippen LogP contribution >= 0.6 is 11.6 Å². The number of nitrogens with one attached hydrogen (secondary N) is 1. The van der Waals surface area contributed by atoms with E-state index in [-0.39, 0.29) is 0 Å². The SMILES string of the molecule is C[C@@H](CCN1CCOCC1)Nc1ccnc2cc(Cl)ccc12. The van der Waals surface area contributed by atoms with Crippen molar-refractivity contribution in [1.29, 1.82) is 0 Å². The van der Waals surface area contributed by atoms with Gasteiger partial charge in [-0.15, -0.1) is 0 Å². The molecule has 0 spiro atoms. The van der Waals surface area contributed by atoms with Crippen molar-refractivity contribution >= 4 is 28.2 Å². The molecule has 22 heavy (non-hydrogen) atoms. The molecule has 1 fully saturated rings. The number of hydrogen-bond acceptors (Lipinski definition) is 4. The van der Waals surface area contributed by atoms with Crippen LogP contribution in [0.15, 0.2) is 30.5 Å². The maximum absolute atomic E-state index is 6.04. The minimum absolute atomic E-state index is 0.407. The van der Waals surface area contributed by atoms with Crippen LogP contribution < -0.4 is 5.32 Å². The molecule has 0 saturated carbocycles. The summed E-state index contributed by atoms with van der Waals surface area (Å²) < 4.78 is 5.38. The van der Waals surface area contributed by atoms with Gasteiger partial charge in [-0.3, -0.25) is 9.88 Å². The standard InChI is InChI=1S/C17H22ClN3O/c1-13(5-7-21-8-10-22-11-9-21)20-16-4-6-19-17-12-14(18)2-3-15(16)17/h2-4,6,12-13H,5,7-11H2,1H3,(H,19,20)/t13-/m0/s1. The molecule has 1 saturated heterocycles. The van der Waals surface area contributed by atoms with Gasteiger partial charge in [-0.2, -0.15) is 0 Å². The Morgan fingerprint density at radius 1 is 1.32 bits per heavy atom. The largest absolute Gasteiger partial charge is 0.382 e. The summed E-state index contributed by atoms with van der Waals surface area (Å²) in [4.78, 5) is 6.85. The zero-order chi connectivity index (χ0) is 15.4. The van der Waals surface area contributed by atoms with E-state index in [1.165, 1.54) is 0 Å². The van der Waals surface area contributed by atoms with Gasteiger partial charge in [-0.1, -0.05) is 11.6 Å². The van der Waals surface area contributed by atoms with Crippen molar-refractivity contribution in [3.63, 3.8) is 0 Å². The average molecular weight is 320 g/mol. The minimum atomic E-state index is 0.407. The van der Waals surface area contributed by atoms with Crippen molar-refractivity contribution in [3.8, 4) is 0 Å². The maximum atomic E-state index is 6.04. The molecule has 1 aromatic heterocycles. The molecule has 1 N–H and O–H groups in total. The lowest BCUT2D eigenvalue weighted by atomic mass is 10.1. The number of halogens is 1. The van der Waals surface area contributed by atoms with Crippen LogP contribution in [0.2, 0.25) is 5.02 Å². The zero-order valence-corrected chi connectivity index (χ0v) is 13.6. The third kappa shape index (κ3) is 3.88. The molecule has 1 atom stereocenters. The fourth-order valence-electron chi connectivity index (χ4n) is 2.79. The molecule has 0 unspecified atom stereocenters. The molecule has 0 radical (unpaired) electrons. The van der Waals surface area contributed by atoms with Gasteiger partial charge in [0.15, 0.2) is 0 Å². The van der Waals surface area contributed by atoms with Crippen molar-refractivity contribution in [1.82, 2.24) is 9.88 Å². The summed E-state index contributed by atoms with van der Waals surface area (Å²) >= 11 is 6.04. The highest BCUT2D eigenvalue weighted by Crippen LogP contribution is 2.25. The normalized spacial score (nSPS) is 17.5. The zero-order valence-electron chi connectivity index (χ0n) is 12.9. The molecular weight excluding hydrogens is 298 g/mol. The summed E-state index contributed by atoms with van der Waals surface area (Å²) in [6, 6.07) is 8.28. The summed E-state index contributed by atoms with van der Waals surface area (Å²) in [7, 11) is 0. The predicted octanol–water partition coefficient (Wildman–Crippen LogP) is 3.41. The number of anilines is 1. The number of ether oxygens (including phenoxy) is 1. The second-order valence-electron chi connectivity index (χ2n) is 5.81. The van der Waals surface area contributed by atoms with Gasteiger partial charge in [-0.05, 0) is 37.6 Å². The van der Waals surface area contributed by atoms with Crippen molar-refractivity contribution in [3.05, 3.63) is 35.5 Å². The van der Waals surface area contributed by atoms with Crippen LogP contribution in [-0.2, 0) is 4.74 Å². The third-order valence-electron chi connectivity index (χ3n) is 4.09. The van der Waals surface area contributed by atoms with Crippen LogP contribution in [0.1, 0.15) is 13.3 Å². The Balaban J connectivity index is 1.62. The molecule has 0 aliphatic carbocycles. The molecule has 0 amide bonds. The number of hydrogen-bond donors (Lipinski definition) is 1. The summed E-state index contributed by atoms with van der Waals surface area (Å²) in [5.41, 5.74) is 2.05. The first-order valence-corrected chi connectivity index (χ1v) is 8.21. The number of rotatable bonds is 5. The number of pyridine rings is 1. The van der Waals surface area contributed by atoms with Gasteiger partial charge < -0.3 is 10.1 Å². The first-order valence-electron chi connectivity index (χ1n) is 7.83. The van der Waals surface area contributed by atoms with Crippen LogP contribution in [0, 0.1) is 0 Å². The van der Waals surface area contributed by atoms with E-state index < -0.39 is 0 Å². The van der Waals surface area contributed by atoms with Crippen molar-refractivity contribution in [2.45, 2.75) is 19.4 Å². The van der Waals surface area contributed by atoms with Crippen molar-refractivity contribution in [2.24, 2.45) is 0 Å². The lowest BCUT2D eigenvalue weighted by molar-refractivity contribution is 0.0370. The Morgan fingerprint density at radius 2 is 2.14 bits per heavy atom. The van der Waals surface area contributed by atoms with E-state index in [4.69, 9.17) is 16.3 Å². The maximum Gasteiger partial charge on any atom is 0.0737 e. The first-order chi connectivity index (χ1) is 10.7. The fourth-order valence-corrected chi connectivity index (χ4v) is 2.95. The van der Waals surface area contributed by atoms with Gasteiger partial charge in [0.25, 0.3) is 0 Å². The summed E-state index contributed by atoms with van der Waals surface area (Å²) in [5.74, 6) is 0. The topological polar surface area (TPSA) is 37.4 Å². The van der Waals surface area contributed by atoms with Gasteiger partial charge in [0, 0.05) is 48.0 Å². The summed E-state index contributed by atoms with van der Waals surface area (Å²) in [6.45, 7) is 7.14. The van der Waals surface area contributed by atoms with Crippen molar-refractivity contribution < 1.29 is 4.74 Å². The number of aromatic nitrogens is 1. The number of morpholine rings is 1. The molecule has 1 aliphatic heterocycles. The van der Waals surface area contributed by atoms with Gasteiger partial charge >= 0.3 is 0 Å². The number of fused-ring (bicyclic) bond motifs is 1. The Bertz CT molecular complexity index is 628. The monoisotopic (exact) mass is 319 g/mol. The smallest absolute Gasteiger partial charge is 0.0737 e. The Hall–Kier alpha value is -1.36. The number of nitrogens with zero attached hydrogens (tertiary/aromatic N) is 2. The highest BCUT2D eigenvalue weighted by Gasteiger charge is 2.12. The lowest BCUT2D eigenvalue weighted by Gasteiger charge is -2.28. The molecule has 2 heterocycles. The summed E-state index contributed by atoms with van der Waals surface area (Å²) in [6.07, 6.45) is 2.94. The highest BCUT2D eigenvalue weighted by molar-refractivity contribution is 6.31. The highest BCUT2D eigenvalue weighted by atomic mass is 35.5. The molecule has 1 aromatic carbocycles. The van der Waals surface area contributed by atoms with Gasteiger partial charge in [0.05, 0.1) is 18.7 Å². The first kappa shape index (κ1) is 15.5. The average Bonchev–Trinajstić information content (AvgIpc) is 2.54. The molecule has 2 aromatic rings. The van der Waals surface area contributed by atoms with E-state index >= 15 is 0 Å². The molecule has 0 bridgehead atoms. The van der Waals surface area contributed by atoms with Crippen LogP contribution in [0.25, 0.3) is 10.9 Å². The van der Waals surface area contributed by atoms with Crippen LogP contribution in [0.5, 0.6) is 0 Å². The molecule has 1 aliphatic rings. The van der Waals surface area contributed by atoms with E-state index in [1.807, 2.05) is 30.5 Å². The van der Waals surface area contributed by atoms with E-state index in [0.29, 0.717) is 6.04 Å². The second kappa shape index (κ2) is 7.27. The molecule has 118 valence electrons. The third-order valence-corrected chi connectivity index (χ3v) is 4.32. The Morgan fingerprint density at radius 3 is 2.95 bits per heavy atom. The van der Waals surface area contributed by atoms with Gasteiger partial charge in [0.2, 0.25) is 0 Å². The number of benzene rings is 1. The fraction of sp³-hybridized carbons (Fsp3) is 0.471. The Kier molecular flexibility index (Phi) is 5.13. The van der Waals surface area contributed by atoms with Crippen LogP contribution in [0.4, 0.5) is 5.69 Å². The van der Waals surface area contributed by atoms with E-state index in [9.17, 15) is 0 Å². The molecule has 5 heteroatoms. The van der Waals surface area contributed by atoms with E-state index in [0.717, 1.165) is 60.9 Å². The lowest BCUT2D eigenvalue weighted by Crippen LogP contribution is -2.38. The van der Waals surface area contributed by atoms with Crippen LogP contribution in [0.3, 0.4) is 0 Å². The van der Waals surface area contributed by atoms with Crippen LogP contribution in [-0.4, -0.2) is 48.8 Å². The quantitative estimate of drug-likeness (QED) is 0.916. The van der Waals surface area contributed by atoms with Gasteiger partial charge in [-0.25, -0.2) is 0 Å². The van der Waals surface area contributed by atoms with Crippen molar-refractivity contribution in [2.75, 3.05) is 38.2 Å². The minimum Gasteiger partial charge on any atom is -0.382 e. The van der Waals surface area contributed by atoms with Gasteiger partial charge in [0.1, 0.15) is 0 Å². The van der Waals surface area contributed by atoms with E-state index in [2.05, 4.69) is 22.1 Å². The van der Waals surface area contributed by atoms with E-state index in [1.54, 1.807) is 0 Å². The molecule has 4 nitrogen and oxygen atoms in total. The molecule has 3 rings (SSSR count). The Labute approximate surface area is 136 Å². The molecular formula is C17H22ClN3O. The predicted molar refractivity (Wildman–Crippen MR) is 91.7 cm³/mol. The second-order valence-corrected chi connectivity index (χ2v) is 6.24.